The third kappa shape index (κ3) is 4.72. The predicted octanol–water partition coefficient (Wildman–Crippen LogP) is 5.82. The highest BCUT2D eigenvalue weighted by Gasteiger charge is 2.23. The summed E-state index contributed by atoms with van der Waals surface area (Å²) in [6.07, 6.45) is 1.36. The van der Waals surface area contributed by atoms with Crippen LogP contribution in [-0.2, 0) is 4.74 Å². The number of amides is 2. The Kier molecular flexibility index (Phi) is 6.51. The van der Waals surface area contributed by atoms with Gasteiger partial charge in [-0.05, 0) is 69.2 Å². The number of carbonyl (C=O) groups excluding carboxylic acids is 2. The van der Waals surface area contributed by atoms with Gasteiger partial charge in [0, 0.05) is 16.1 Å². The number of aryl methyl sites for hydroxylation is 3. The number of nitrogens with one attached hydrogen (secondary N) is 2. The fraction of sp³-hybridized carbons (Fsp3) is 0.200. The molecule has 0 spiro atoms. The average Bonchev–Trinajstić information content (AvgIpc) is 3.18. The van der Waals surface area contributed by atoms with Crippen LogP contribution in [0.2, 0.25) is 5.02 Å². The van der Waals surface area contributed by atoms with Gasteiger partial charge < -0.3 is 10.1 Å². The summed E-state index contributed by atoms with van der Waals surface area (Å²) in [5.41, 5.74) is 4.59. The summed E-state index contributed by atoms with van der Waals surface area (Å²) in [5.74, 6) is 0.00988. The van der Waals surface area contributed by atoms with Crippen molar-refractivity contribution in [1.82, 2.24) is 14.8 Å². The molecule has 0 aliphatic rings. The monoisotopic (exact) mass is 477 g/mol. The van der Waals surface area contributed by atoms with Gasteiger partial charge >= 0.3 is 12.0 Å². The lowest BCUT2D eigenvalue weighted by Crippen LogP contribution is -2.23. The molecule has 0 aliphatic carbocycles. The number of fused-ring (bicyclic) bond motifs is 1. The van der Waals surface area contributed by atoms with Gasteiger partial charge in [-0.3, -0.25) is 5.32 Å². The molecule has 0 fully saturated rings. The number of rotatable bonds is 5. The first kappa shape index (κ1) is 23.3. The molecule has 2 N–H and O–H groups in total. The second-order valence-electron chi connectivity index (χ2n) is 7.90. The number of benzene rings is 2. The van der Waals surface area contributed by atoms with Crippen molar-refractivity contribution in [2.24, 2.45) is 0 Å². The van der Waals surface area contributed by atoms with Crippen molar-refractivity contribution in [2.75, 3.05) is 17.2 Å². The van der Waals surface area contributed by atoms with E-state index in [-0.39, 0.29) is 18.0 Å². The van der Waals surface area contributed by atoms with Crippen LogP contribution in [-0.4, -0.2) is 33.4 Å². The zero-order valence-electron chi connectivity index (χ0n) is 19.3. The van der Waals surface area contributed by atoms with E-state index in [9.17, 15) is 9.59 Å². The summed E-state index contributed by atoms with van der Waals surface area (Å²) in [6, 6.07) is 12.2. The van der Waals surface area contributed by atoms with Gasteiger partial charge in [-0.15, -0.1) is 0 Å². The van der Waals surface area contributed by atoms with Crippen LogP contribution in [0, 0.1) is 20.8 Å². The number of anilines is 2. The Labute approximate surface area is 201 Å². The van der Waals surface area contributed by atoms with Crippen molar-refractivity contribution < 1.29 is 14.3 Å². The van der Waals surface area contributed by atoms with Crippen LogP contribution in [0.3, 0.4) is 0 Å². The van der Waals surface area contributed by atoms with E-state index in [2.05, 4.69) is 27.9 Å². The zero-order valence-corrected chi connectivity index (χ0v) is 20.0. The largest absolute Gasteiger partial charge is 0.462 e. The lowest BCUT2D eigenvalue weighted by Gasteiger charge is -2.14. The zero-order chi connectivity index (χ0) is 24.4. The lowest BCUT2D eigenvalue weighted by atomic mass is 10.0. The molecular formula is C25H24ClN5O3. The Morgan fingerprint density at radius 3 is 2.59 bits per heavy atom. The molecule has 4 aromatic rings. The Balaban J connectivity index is 1.77. The van der Waals surface area contributed by atoms with E-state index >= 15 is 0 Å². The smallest absolute Gasteiger partial charge is 0.343 e. The maximum Gasteiger partial charge on any atom is 0.343 e. The van der Waals surface area contributed by atoms with Crippen molar-refractivity contribution in [3.63, 3.8) is 0 Å². The van der Waals surface area contributed by atoms with E-state index in [0.717, 1.165) is 27.6 Å². The molecule has 2 aromatic heterocycles. The van der Waals surface area contributed by atoms with Gasteiger partial charge in [-0.2, -0.15) is 9.78 Å². The maximum atomic E-state index is 12.8. The van der Waals surface area contributed by atoms with Crippen molar-refractivity contribution >= 4 is 46.0 Å². The molecule has 0 bridgehead atoms. The molecule has 0 radical (unpaired) electrons. The Bertz CT molecular complexity index is 1410. The third-order valence-corrected chi connectivity index (χ3v) is 5.47. The average molecular weight is 478 g/mol. The molecular weight excluding hydrogens is 454 g/mol. The van der Waals surface area contributed by atoms with E-state index in [1.165, 1.54) is 10.9 Å². The SMILES string of the molecule is CCOC(=O)c1cnn(-c2cc(C)c3cc(C)cc(C)c3n2)c1NC(=O)Nc1cccc(Cl)c1. The molecule has 174 valence electrons. The summed E-state index contributed by atoms with van der Waals surface area (Å²) in [4.78, 5) is 30.2. The highest BCUT2D eigenvalue weighted by molar-refractivity contribution is 6.30. The van der Waals surface area contributed by atoms with Crippen LogP contribution in [0.4, 0.5) is 16.3 Å². The summed E-state index contributed by atoms with van der Waals surface area (Å²) < 4.78 is 6.58. The highest BCUT2D eigenvalue weighted by atomic mass is 35.5. The van der Waals surface area contributed by atoms with E-state index in [0.29, 0.717) is 16.5 Å². The lowest BCUT2D eigenvalue weighted by molar-refractivity contribution is 0.0527. The second-order valence-corrected chi connectivity index (χ2v) is 8.34. The topological polar surface area (TPSA) is 98.1 Å². The molecule has 2 amide bonds. The van der Waals surface area contributed by atoms with Crippen LogP contribution < -0.4 is 10.6 Å². The molecule has 2 heterocycles. The normalized spacial score (nSPS) is 10.9. The molecule has 2 aromatic carbocycles. The quantitative estimate of drug-likeness (QED) is 0.353. The van der Waals surface area contributed by atoms with Crippen LogP contribution in [0.1, 0.15) is 34.0 Å². The molecule has 34 heavy (non-hydrogen) atoms. The standard InChI is InChI=1S/C25H24ClN5O3/c1-5-34-24(32)20-13-27-31(23(20)30-25(33)28-18-8-6-7-17(26)12-18)21-11-15(3)19-10-14(2)9-16(4)22(19)29-21/h6-13H,5H2,1-4H3,(H2,28,30,33). The van der Waals surface area contributed by atoms with Gasteiger partial charge in [-0.25, -0.2) is 14.6 Å². The van der Waals surface area contributed by atoms with Crippen molar-refractivity contribution in [3.8, 4) is 5.82 Å². The van der Waals surface area contributed by atoms with Crippen molar-refractivity contribution in [2.45, 2.75) is 27.7 Å². The molecule has 9 heteroatoms. The number of aromatic nitrogens is 3. The van der Waals surface area contributed by atoms with Crippen LogP contribution in [0.15, 0.2) is 48.7 Å². The van der Waals surface area contributed by atoms with Gasteiger partial charge in [0.1, 0.15) is 5.56 Å². The fourth-order valence-electron chi connectivity index (χ4n) is 3.77. The number of urea groups is 1. The molecule has 0 unspecified atom stereocenters. The molecule has 0 aliphatic heterocycles. The Morgan fingerprint density at radius 1 is 1.06 bits per heavy atom. The summed E-state index contributed by atoms with van der Waals surface area (Å²) in [7, 11) is 0. The molecule has 4 rings (SSSR count). The molecule has 0 saturated carbocycles. The maximum absolute atomic E-state index is 12.8. The fourth-order valence-corrected chi connectivity index (χ4v) is 3.96. The first-order chi connectivity index (χ1) is 16.3. The highest BCUT2D eigenvalue weighted by Crippen LogP contribution is 2.27. The Hall–Kier alpha value is -3.91. The number of carbonyl (C=O) groups is 2. The second kappa shape index (κ2) is 9.52. The predicted molar refractivity (Wildman–Crippen MR) is 133 cm³/mol. The van der Waals surface area contributed by atoms with E-state index in [4.69, 9.17) is 21.3 Å². The van der Waals surface area contributed by atoms with Crippen LogP contribution >= 0.6 is 11.6 Å². The molecule has 0 atom stereocenters. The van der Waals surface area contributed by atoms with Gasteiger partial charge in [0.15, 0.2) is 11.6 Å². The third-order valence-electron chi connectivity index (χ3n) is 5.24. The minimum Gasteiger partial charge on any atom is -0.462 e. The number of pyridine rings is 1. The first-order valence-electron chi connectivity index (χ1n) is 10.7. The summed E-state index contributed by atoms with van der Waals surface area (Å²) in [6.45, 7) is 7.92. The van der Waals surface area contributed by atoms with Crippen LogP contribution in [0.5, 0.6) is 0 Å². The minimum atomic E-state index is -0.601. The number of nitrogens with zero attached hydrogens (tertiary/aromatic N) is 3. The van der Waals surface area contributed by atoms with E-state index in [1.54, 1.807) is 31.2 Å². The first-order valence-corrected chi connectivity index (χ1v) is 11.1. The van der Waals surface area contributed by atoms with E-state index in [1.807, 2.05) is 26.8 Å². The Morgan fingerprint density at radius 2 is 1.85 bits per heavy atom. The van der Waals surface area contributed by atoms with Gasteiger partial charge in [-0.1, -0.05) is 29.3 Å². The van der Waals surface area contributed by atoms with E-state index < -0.39 is 12.0 Å². The number of ether oxygens (including phenoxy) is 1. The van der Waals surface area contributed by atoms with Crippen molar-refractivity contribution in [1.29, 1.82) is 0 Å². The minimum absolute atomic E-state index is 0.114. The molecule has 8 nitrogen and oxygen atoms in total. The number of esters is 1. The number of halogens is 1. The number of hydrogen-bond acceptors (Lipinski definition) is 5. The van der Waals surface area contributed by atoms with Gasteiger partial charge in [0.2, 0.25) is 0 Å². The van der Waals surface area contributed by atoms with Crippen LogP contribution in [0.25, 0.3) is 16.7 Å². The summed E-state index contributed by atoms with van der Waals surface area (Å²) in [5, 5.41) is 11.3. The summed E-state index contributed by atoms with van der Waals surface area (Å²) >= 11 is 6.01. The van der Waals surface area contributed by atoms with Crippen molar-refractivity contribution in [3.05, 3.63) is 75.9 Å². The molecule has 0 saturated heterocycles. The number of hydrogen-bond donors (Lipinski definition) is 2. The van der Waals surface area contributed by atoms with Gasteiger partial charge in [0.05, 0.1) is 18.3 Å². The van der Waals surface area contributed by atoms with Gasteiger partial charge in [0.25, 0.3) is 0 Å².